The van der Waals surface area contributed by atoms with Crippen LogP contribution in [0, 0.1) is 0 Å². The molecule has 0 saturated carbocycles. The van der Waals surface area contributed by atoms with E-state index in [2.05, 4.69) is 5.10 Å². The number of rotatable bonds is 3. The van der Waals surface area contributed by atoms with Gasteiger partial charge in [0.1, 0.15) is 13.2 Å². The predicted octanol–water partition coefficient (Wildman–Crippen LogP) is 1.62. The van der Waals surface area contributed by atoms with Crippen molar-refractivity contribution in [3.8, 4) is 11.5 Å². The molecule has 0 N–H and O–H groups in total. The van der Waals surface area contributed by atoms with E-state index in [-0.39, 0.29) is 12.2 Å². The molecule has 1 aromatic carbocycles. The molecule has 2 heterocycles. The van der Waals surface area contributed by atoms with Gasteiger partial charge in [-0.1, -0.05) is 6.07 Å². The van der Waals surface area contributed by atoms with E-state index in [1.165, 1.54) is 0 Å². The highest BCUT2D eigenvalue weighted by Crippen LogP contribution is 2.34. The first-order chi connectivity index (χ1) is 9.24. The number of carbonyl (C=O) groups excluding carboxylic acids is 1. The third-order valence-electron chi connectivity index (χ3n) is 2.98. The number of hydrogen-bond donors (Lipinski definition) is 0. The van der Waals surface area contributed by atoms with Crippen LogP contribution in [0.15, 0.2) is 30.5 Å². The Bertz CT molecular complexity index is 619. The number of nitrogens with zero attached hydrogens (tertiary/aromatic N) is 2. The second kappa shape index (κ2) is 4.76. The number of aromatic nitrogens is 2. The molecule has 2 aromatic rings. The van der Waals surface area contributed by atoms with Crippen molar-refractivity contribution in [2.45, 2.75) is 6.42 Å². The average Bonchev–Trinajstić information content (AvgIpc) is 2.83. The fourth-order valence-corrected chi connectivity index (χ4v) is 2.11. The summed E-state index contributed by atoms with van der Waals surface area (Å²) in [6.45, 7) is 0.992. The summed E-state index contributed by atoms with van der Waals surface area (Å²) in [5.41, 5.74) is 1.31. The molecule has 1 aromatic heterocycles. The Balaban J connectivity index is 1.87. The molecule has 98 valence electrons. The lowest BCUT2D eigenvalue weighted by atomic mass is 10.0. The van der Waals surface area contributed by atoms with Crippen LogP contribution in [-0.4, -0.2) is 28.8 Å². The van der Waals surface area contributed by atoms with Gasteiger partial charge in [-0.05, 0) is 18.2 Å². The van der Waals surface area contributed by atoms with Crippen molar-refractivity contribution in [3.63, 3.8) is 0 Å². The topological polar surface area (TPSA) is 53.4 Å². The molecule has 0 spiro atoms. The maximum atomic E-state index is 12.3. The highest BCUT2D eigenvalue weighted by Gasteiger charge is 2.20. The smallest absolute Gasteiger partial charge is 0.172 e. The van der Waals surface area contributed by atoms with Crippen LogP contribution in [0.5, 0.6) is 11.5 Å². The molecule has 0 radical (unpaired) electrons. The molecule has 3 rings (SSSR count). The predicted molar refractivity (Wildman–Crippen MR) is 68.7 cm³/mol. The molecule has 0 amide bonds. The molecule has 0 unspecified atom stereocenters. The molecule has 1 aliphatic heterocycles. The normalized spacial score (nSPS) is 13.3. The van der Waals surface area contributed by atoms with Gasteiger partial charge in [0, 0.05) is 13.2 Å². The average molecular weight is 258 g/mol. The van der Waals surface area contributed by atoms with Crippen LogP contribution in [0.4, 0.5) is 0 Å². The number of aryl methyl sites for hydroxylation is 1. The second-order valence-corrected chi connectivity index (χ2v) is 4.41. The summed E-state index contributed by atoms with van der Waals surface area (Å²) in [5.74, 6) is 1.17. The van der Waals surface area contributed by atoms with Crippen LogP contribution in [0.25, 0.3) is 0 Å². The van der Waals surface area contributed by atoms with Gasteiger partial charge in [-0.15, -0.1) is 0 Å². The quantitative estimate of drug-likeness (QED) is 0.785. The number of benzene rings is 1. The molecule has 0 atom stereocenters. The van der Waals surface area contributed by atoms with E-state index in [4.69, 9.17) is 9.47 Å². The number of ketones is 1. The number of fused-ring (bicyclic) bond motifs is 1. The zero-order chi connectivity index (χ0) is 13.2. The minimum absolute atomic E-state index is 0.0129. The van der Waals surface area contributed by atoms with Gasteiger partial charge in [0.15, 0.2) is 17.3 Å². The third-order valence-corrected chi connectivity index (χ3v) is 2.98. The van der Waals surface area contributed by atoms with Gasteiger partial charge in [-0.2, -0.15) is 5.10 Å². The van der Waals surface area contributed by atoms with Gasteiger partial charge >= 0.3 is 0 Å². The largest absolute Gasteiger partial charge is 0.486 e. The summed E-state index contributed by atoms with van der Waals surface area (Å²) >= 11 is 0. The fraction of sp³-hybridized carbons (Fsp3) is 0.286. The van der Waals surface area contributed by atoms with Crippen LogP contribution < -0.4 is 9.47 Å². The SMILES string of the molecule is Cn1ccc(CC(=O)c2cccc3c2OCCO3)n1. The van der Waals surface area contributed by atoms with Gasteiger partial charge in [0.25, 0.3) is 0 Å². The van der Waals surface area contributed by atoms with Crippen molar-refractivity contribution in [2.75, 3.05) is 13.2 Å². The molecule has 1 aliphatic rings. The summed E-state index contributed by atoms with van der Waals surface area (Å²) in [5, 5.41) is 4.21. The Morgan fingerprint density at radius 2 is 2.16 bits per heavy atom. The van der Waals surface area contributed by atoms with Gasteiger partial charge in [-0.3, -0.25) is 9.48 Å². The maximum absolute atomic E-state index is 12.3. The highest BCUT2D eigenvalue weighted by atomic mass is 16.6. The lowest BCUT2D eigenvalue weighted by molar-refractivity contribution is 0.0980. The van der Waals surface area contributed by atoms with E-state index >= 15 is 0 Å². The molecule has 0 bridgehead atoms. The molecular weight excluding hydrogens is 244 g/mol. The van der Waals surface area contributed by atoms with E-state index in [9.17, 15) is 4.79 Å². The minimum Gasteiger partial charge on any atom is -0.486 e. The summed E-state index contributed by atoms with van der Waals surface area (Å²) in [6, 6.07) is 7.22. The molecule has 5 nitrogen and oxygen atoms in total. The Morgan fingerprint density at radius 3 is 2.95 bits per heavy atom. The van der Waals surface area contributed by atoms with Crippen molar-refractivity contribution in [1.29, 1.82) is 0 Å². The first-order valence-corrected chi connectivity index (χ1v) is 6.14. The molecule has 0 saturated heterocycles. The van der Waals surface area contributed by atoms with Crippen molar-refractivity contribution in [1.82, 2.24) is 9.78 Å². The standard InChI is InChI=1S/C14H14N2O3/c1-16-6-5-10(15-16)9-12(17)11-3-2-4-13-14(11)19-8-7-18-13/h2-6H,7-9H2,1H3. The number of ether oxygens (including phenoxy) is 2. The van der Waals surface area contributed by atoms with Crippen LogP contribution >= 0.6 is 0 Å². The van der Waals surface area contributed by atoms with Crippen LogP contribution in [0.2, 0.25) is 0 Å². The van der Waals surface area contributed by atoms with Gasteiger partial charge in [0.05, 0.1) is 17.7 Å². The third kappa shape index (κ3) is 2.31. The number of carbonyl (C=O) groups is 1. The van der Waals surface area contributed by atoms with Crippen LogP contribution in [-0.2, 0) is 13.5 Å². The first-order valence-electron chi connectivity index (χ1n) is 6.14. The van der Waals surface area contributed by atoms with Crippen molar-refractivity contribution < 1.29 is 14.3 Å². The van der Waals surface area contributed by atoms with Crippen LogP contribution in [0.3, 0.4) is 0 Å². The van der Waals surface area contributed by atoms with Crippen molar-refractivity contribution >= 4 is 5.78 Å². The van der Waals surface area contributed by atoms with Gasteiger partial charge < -0.3 is 9.47 Å². The summed E-state index contributed by atoms with van der Waals surface area (Å²) in [7, 11) is 1.83. The zero-order valence-electron chi connectivity index (χ0n) is 10.6. The first kappa shape index (κ1) is 11.8. The summed E-state index contributed by atoms with van der Waals surface area (Å²) in [4.78, 5) is 12.3. The number of Topliss-reactive ketones (excluding diaryl/α,β-unsaturated/α-hetero) is 1. The lowest BCUT2D eigenvalue weighted by Gasteiger charge is -2.20. The second-order valence-electron chi connectivity index (χ2n) is 4.41. The zero-order valence-corrected chi connectivity index (χ0v) is 10.6. The van der Waals surface area contributed by atoms with Gasteiger partial charge in [0.2, 0.25) is 0 Å². The molecule has 0 fully saturated rings. The molecule has 0 aliphatic carbocycles. The van der Waals surface area contributed by atoms with Crippen molar-refractivity contribution in [2.24, 2.45) is 7.05 Å². The summed E-state index contributed by atoms with van der Waals surface area (Å²) in [6.07, 6.45) is 2.09. The monoisotopic (exact) mass is 258 g/mol. The van der Waals surface area contributed by atoms with Crippen molar-refractivity contribution in [3.05, 3.63) is 41.7 Å². The Labute approximate surface area is 110 Å². The number of para-hydroxylation sites is 1. The Morgan fingerprint density at radius 1 is 1.32 bits per heavy atom. The fourth-order valence-electron chi connectivity index (χ4n) is 2.11. The highest BCUT2D eigenvalue weighted by molar-refractivity contribution is 6.00. The molecule has 5 heteroatoms. The lowest BCUT2D eigenvalue weighted by Crippen LogP contribution is -2.18. The molecule has 19 heavy (non-hydrogen) atoms. The van der Waals surface area contributed by atoms with E-state index < -0.39 is 0 Å². The Hall–Kier alpha value is -2.30. The van der Waals surface area contributed by atoms with Crippen LogP contribution in [0.1, 0.15) is 16.1 Å². The van der Waals surface area contributed by atoms with E-state index in [1.54, 1.807) is 16.8 Å². The minimum atomic E-state index is -0.0129. The van der Waals surface area contributed by atoms with Gasteiger partial charge in [-0.25, -0.2) is 0 Å². The summed E-state index contributed by atoms with van der Waals surface area (Å²) < 4.78 is 12.7. The maximum Gasteiger partial charge on any atom is 0.172 e. The Kier molecular flexibility index (Phi) is 2.95. The van der Waals surface area contributed by atoms with E-state index in [0.29, 0.717) is 30.3 Å². The van der Waals surface area contributed by atoms with E-state index in [0.717, 1.165) is 5.69 Å². The van der Waals surface area contributed by atoms with E-state index in [1.807, 2.05) is 25.4 Å². The number of hydrogen-bond acceptors (Lipinski definition) is 4. The molecular formula is C14H14N2O3.